The lowest BCUT2D eigenvalue weighted by Crippen LogP contribution is -2.45. The van der Waals surface area contributed by atoms with Crippen LogP contribution < -0.4 is 0 Å². The molecule has 1 aliphatic heterocycles. The standard InChI is InChI=1S/C17H26N4O4/c1-11(2)21-12(3)14(9-18-21)16(23)19(4)10-15(22)20-7-5-13(6-8-20)17(24)25/h9,11,13H,5-8,10H2,1-4H3,(H,24,25). The number of likely N-dealkylation sites (tertiary alicyclic amines) is 1. The van der Waals surface area contributed by atoms with Gasteiger partial charge in [-0.05, 0) is 33.6 Å². The molecule has 0 aliphatic carbocycles. The largest absolute Gasteiger partial charge is 0.481 e. The highest BCUT2D eigenvalue weighted by molar-refractivity contribution is 5.97. The average molecular weight is 350 g/mol. The van der Waals surface area contributed by atoms with Crippen molar-refractivity contribution in [1.82, 2.24) is 19.6 Å². The van der Waals surface area contributed by atoms with E-state index >= 15 is 0 Å². The molecule has 1 aliphatic rings. The molecule has 0 bridgehead atoms. The number of hydrogen-bond donors (Lipinski definition) is 1. The van der Waals surface area contributed by atoms with Gasteiger partial charge in [0.1, 0.15) is 0 Å². The molecule has 1 aromatic rings. The number of aliphatic carboxylic acids is 1. The summed E-state index contributed by atoms with van der Waals surface area (Å²) in [4.78, 5) is 39.0. The summed E-state index contributed by atoms with van der Waals surface area (Å²) in [6.07, 6.45) is 2.45. The maximum Gasteiger partial charge on any atom is 0.306 e. The predicted molar refractivity (Wildman–Crippen MR) is 91.2 cm³/mol. The summed E-state index contributed by atoms with van der Waals surface area (Å²) in [6.45, 7) is 6.63. The number of carbonyl (C=O) groups excluding carboxylic acids is 2. The smallest absolute Gasteiger partial charge is 0.306 e. The molecule has 2 heterocycles. The second-order valence-corrected chi connectivity index (χ2v) is 6.84. The number of hydrogen-bond acceptors (Lipinski definition) is 4. The molecule has 1 fully saturated rings. The van der Waals surface area contributed by atoms with Gasteiger partial charge in [-0.15, -0.1) is 0 Å². The number of likely N-dealkylation sites (N-methyl/N-ethyl adjacent to an activating group) is 1. The van der Waals surface area contributed by atoms with Crippen LogP contribution in [0.3, 0.4) is 0 Å². The highest BCUT2D eigenvalue weighted by Gasteiger charge is 2.28. The lowest BCUT2D eigenvalue weighted by Gasteiger charge is -2.31. The third kappa shape index (κ3) is 4.18. The second kappa shape index (κ2) is 7.67. The average Bonchev–Trinajstić information content (AvgIpc) is 2.95. The van der Waals surface area contributed by atoms with Crippen molar-refractivity contribution in [2.75, 3.05) is 26.7 Å². The van der Waals surface area contributed by atoms with Crippen LogP contribution in [0.15, 0.2) is 6.20 Å². The van der Waals surface area contributed by atoms with E-state index in [4.69, 9.17) is 5.11 Å². The lowest BCUT2D eigenvalue weighted by molar-refractivity contribution is -0.145. The summed E-state index contributed by atoms with van der Waals surface area (Å²) in [5.41, 5.74) is 1.27. The molecule has 1 saturated heterocycles. The molecule has 0 radical (unpaired) electrons. The Hall–Kier alpha value is -2.38. The highest BCUT2D eigenvalue weighted by Crippen LogP contribution is 2.18. The molecule has 8 heteroatoms. The van der Waals surface area contributed by atoms with Crippen LogP contribution in [0.4, 0.5) is 0 Å². The lowest BCUT2D eigenvalue weighted by atomic mass is 9.97. The maximum atomic E-state index is 12.6. The third-order valence-electron chi connectivity index (χ3n) is 4.68. The Morgan fingerprint density at radius 3 is 2.40 bits per heavy atom. The Kier molecular flexibility index (Phi) is 5.81. The van der Waals surface area contributed by atoms with Gasteiger partial charge in [0.2, 0.25) is 5.91 Å². The zero-order chi connectivity index (χ0) is 18.7. The quantitative estimate of drug-likeness (QED) is 0.860. The fraction of sp³-hybridized carbons (Fsp3) is 0.647. The monoisotopic (exact) mass is 350 g/mol. The molecular formula is C17H26N4O4. The zero-order valence-electron chi connectivity index (χ0n) is 15.2. The minimum atomic E-state index is -0.808. The molecule has 1 N–H and O–H groups in total. The van der Waals surface area contributed by atoms with Crippen LogP contribution in [0.1, 0.15) is 48.8 Å². The van der Waals surface area contributed by atoms with Crippen LogP contribution in [-0.2, 0) is 9.59 Å². The van der Waals surface area contributed by atoms with E-state index in [-0.39, 0.29) is 30.3 Å². The van der Waals surface area contributed by atoms with Crippen molar-refractivity contribution in [2.45, 2.75) is 39.7 Å². The first-order valence-corrected chi connectivity index (χ1v) is 8.52. The Balaban J connectivity index is 1.95. The van der Waals surface area contributed by atoms with Gasteiger partial charge in [0, 0.05) is 31.9 Å². The SMILES string of the molecule is Cc1c(C(=O)N(C)CC(=O)N2CCC(C(=O)O)CC2)cnn1C(C)C. The fourth-order valence-electron chi connectivity index (χ4n) is 3.11. The van der Waals surface area contributed by atoms with Gasteiger partial charge < -0.3 is 14.9 Å². The Morgan fingerprint density at radius 2 is 1.92 bits per heavy atom. The van der Waals surface area contributed by atoms with Gasteiger partial charge in [0.15, 0.2) is 0 Å². The molecule has 2 amide bonds. The van der Waals surface area contributed by atoms with E-state index in [1.54, 1.807) is 16.6 Å². The van der Waals surface area contributed by atoms with E-state index in [1.807, 2.05) is 20.8 Å². The van der Waals surface area contributed by atoms with Crippen molar-refractivity contribution in [2.24, 2.45) is 5.92 Å². The van der Waals surface area contributed by atoms with E-state index in [1.165, 1.54) is 11.1 Å². The summed E-state index contributed by atoms with van der Waals surface area (Å²) in [7, 11) is 1.59. The molecule has 0 atom stereocenters. The van der Waals surface area contributed by atoms with Gasteiger partial charge in [-0.3, -0.25) is 19.1 Å². The number of nitrogens with zero attached hydrogens (tertiary/aromatic N) is 4. The van der Waals surface area contributed by atoms with Crippen LogP contribution >= 0.6 is 0 Å². The number of piperidine rings is 1. The number of carbonyl (C=O) groups is 3. The molecule has 0 unspecified atom stereocenters. The minimum Gasteiger partial charge on any atom is -0.481 e. The van der Waals surface area contributed by atoms with Crippen LogP contribution in [0.2, 0.25) is 0 Å². The molecule has 0 aromatic carbocycles. The number of carboxylic acid groups (broad SMARTS) is 1. The van der Waals surface area contributed by atoms with E-state index in [2.05, 4.69) is 5.10 Å². The number of aromatic nitrogens is 2. The van der Waals surface area contributed by atoms with Gasteiger partial charge in [-0.2, -0.15) is 5.10 Å². The Labute approximate surface area is 147 Å². The Morgan fingerprint density at radius 1 is 1.32 bits per heavy atom. The van der Waals surface area contributed by atoms with Crippen molar-refractivity contribution in [3.63, 3.8) is 0 Å². The van der Waals surface area contributed by atoms with Crippen LogP contribution in [0.25, 0.3) is 0 Å². The molecule has 8 nitrogen and oxygen atoms in total. The van der Waals surface area contributed by atoms with Gasteiger partial charge in [0.05, 0.1) is 24.2 Å². The molecule has 2 rings (SSSR count). The van der Waals surface area contributed by atoms with E-state index in [0.717, 1.165) is 5.69 Å². The molecule has 1 aromatic heterocycles. The molecular weight excluding hydrogens is 324 g/mol. The van der Waals surface area contributed by atoms with Crippen molar-refractivity contribution in [1.29, 1.82) is 0 Å². The molecule has 25 heavy (non-hydrogen) atoms. The molecule has 0 spiro atoms. The number of amides is 2. The maximum absolute atomic E-state index is 12.6. The van der Waals surface area contributed by atoms with E-state index < -0.39 is 5.97 Å². The summed E-state index contributed by atoms with van der Waals surface area (Å²) in [6, 6.07) is 0.156. The van der Waals surface area contributed by atoms with E-state index in [0.29, 0.717) is 31.5 Å². The van der Waals surface area contributed by atoms with Crippen molar-refractivity contribution in [3.05, 3.63) is 17.5 Å². The Bertz CT molecular complexity index is 660. The molecule has 0 saturated carbocycles. The van der Waals surface area contributed by atoms with E-state index in [9.17, 15) is 14.4 Å². The normalized spacial score (nSPS) is 15.5. The van der Waals surface area contributed by atoms with Gasteiger partial charge in [0.25, 0.3) is 5.91 Å². The summed E-state index contributed by atoms with van der Waals surface area (Å²) in [5.74, 6) is -1.59. The second-order valence-electron chi connectivity index (χ2n) is 6.84. The topological polar surface area (TPSA) is 95.7 Å². The van der Waals surface area contributed by atoms with Crippen molar-refractivity contribution >= 4 is 17.8 Å². The first kappa shape index (κ1) is 19.0. The first-order valence-electron chi connectivity index (χ1n) is 8.52. The molecule has 138 valence electrons. The highest BCUT2D eigenvalue weighted by atomic mass is 16.4. The fourth-order valence-corrected chi connectivity index (χ4v) is 3.11. The summed E-state index contributed by atoms with van der Waals surface area (Å²) in [5, 5.41) is 13.2. The van der Waals surface area contributed by atoms with Crippen molar-refractivity contribution in [3.8, 4) is 0 Å². The predicted octanol–water partition coefficient (Wildman–Crippen LogP) is 1.17. The van der Waals surface area contributed by atoms with Crippen molar-refractivity contribution < 1.29 is 19.5 Å². The summed E-state index contributed by atoms with van der Waals surface area (Å²) >= 11 is 0. The van der Waals surface area contributed by atoms with Gasteiger partial charge >= 0.3 is 5.97 Å². The van der Waals surface area contributed by atoms with Gasteiger partial charge in [-0.1, -0.05) is 0 Å². The number of rotatable bonds is 5. The third-order valence-corrected chi connectivity index (χ3v) is 4.68. The van der Waals surface area contributed by atoms with Gasteiger partial charge in [-0.25, -0.2) is 0 Å². The summed E-state index contributed by atoms with van der Waals surface area (Å²) < 4.78 is 1.78. The number of carboxylic acids is 1. The van der Waals surface area contributed by atoms with Crippen LogP contribution in [-0.4, -0.2) is 69.2 Å². The zero-order valence-corrected chi connectivity index (χ0v) is 15.2. The minimum absolute atomic E-state index is 0.0249. The van der Waals surface area contributed by atoms with Crippen LogP contribution in [0.5, 0.6) is 0 Å². The van der Waals surface area contributed by atoms with Crippen LogP contribution in [0, 0.1) is 12.8 Å². The first-order chi connectivity index (χ1) is 11.7.